The summed E-state index contributed by atoms with van der Waals surface area (Å²) in [7, 11) is 1.48. The maximum absolute atomic E-state index is 11.8. The summed E-state index contributed by atoms with van der Waals surface area (Å²) >= 11 is 1.78. The van der Waals surface area contributed by atoms with Crippen LogP contribution < -0.4 is 5.32 Å². The molecule has 31 heavy (non-hydrogen) atoms. The molecule has 0 aliphatic carbocycles. The molecular formula is C22H38IN5O2S. The van der Waals surface area contributed by atoms with Crippen molar-refractivity contribution in [3.63, 3.8) is 0 Å². The van der Waals surface area contributed by atoms with Gasteiger partial charge in [0.05, 0.1) is 23.7 Å². The van der Waals surface area contributed by atoms with E-state index in [0.29, 0.717) is 5.92 Å². The molecule has 3 rings (SSSR count). The van der Waals surface area contributed by atoms with Gasteiger partial charge in [0.1, 0.15) is 0 Å². The number of guanidine groups is 1. The molecule has 2 fully saturated rings. The van der Waals surface area contributed by atoms with E-state index >= 15 is 0 Å². The molecule has 0 aromatic carbocycles. The number of aromatic nitrogens is 1. The minimum absolute atomic E-state index is 0. The molecule has 0 atom stereocenters. The van der Waals surface area contributed by atoms with Crippen molar-refractivity contribution in [1.82, 2.24) is 20.1 Å². The van der Waals surface area contributed by atoms with E-state index < -0.39 is 0 Å². The number of thiazole rings is 1. The first-order chi connectivity index (χ1) is 14.6. The number of likely N-dealkylation sites (tertiary alicyclic amines) is 2. The summed E-state index contributed by atoms with van der Waals surface area (Å²) in [4.78, 5) is 26.3. The van der Waals surface area contributed by atoms with Crippen molar-refractivity contribution in [2.24, 2.45) is 16.8 Å². The predicted octanol–water partition coefficient (Wildman–Crippen LogP) is 3.39. The highest BCUT2D eigenvalue weighted by Gasteiger charge is 2.27. The van der Waals surface area contributed by atoms with E-state index in [1.807, 2.05) is 0 Å². The number of nitrogens with one attached hydrogen (secondary N) is 1. The fraction of sp³-hybridized carbons (Fsp3) is 0.773. The number of piperidine rings is 2. The Hall–Kier alpha value is -0.940. The molecule has 1 N–H and O–H groups in total. The van der Waals surface area contributed by atoms with Gasteiger partial charge in [0, 0.05) is 38.1 Å². The molecule has 1 aromatic heterocycles. The number of aliphatic imine (C=N–C) groups is 1. The first-order valence-corrected chi connectivity index (χ1v) is 12.3. The normalized spacial score (nSPS) is 19.2. The first-order valence-electron chi connectivity index (χ1n) is 11.4. The highest BCUT2D eigenvalue weighted by atomic mass is 127. The molecule has 2 aliphatic rings. The number of hydrogen-bond donors (Lipinski definition) is 1. The predicted molar refractivity (Wildman–Crippen MR) is 137 cm³/mol. The van der Waals surface area contributed by atoms with Crippen LogP contribution in [0.5, 0.6) is 0 Å². The Bertz CT molecular complexity index is 698. The molecule has 2 aliphatic heterocycles. The van der Waals surface area contributed by atoms with Gasteiger partial charge < -0.3 is 15.0 Å². The fourth-order valence-electron chi connectivity index (χ4n) is 4.28. The van der Waals surface area contributed by atoms with Crippen LogP contribution in [0.2, 0.25) is 0 Å². The highest BCUT2D eigenvalue weighted by Crippen LogP contribution is 2.22. The smallest absolute Gasteiger partial charge is 0.308 e. The standard InChI is InChI=1S/C22H37N5O2S.HI/c1-4-20-25-19(16-30-20)15-26-10-6-17(7-11-26)14-24-22(23-5-2)27-12-8-18(9-13-27)21(28)29-3;/h16-18H,4-15H2,1-3H3,(H,23,24);1H. The Labute approximate surface area is 208 Å². The van der Waals surface area contributed by atoms with E-state index in [2.05, 4.69) is 34.3 Å². The van der Waals surface area contributed by atoms with Crippen LogP contribution in [-0.2, 0) is 22.5 Å². The Morgan fingerprint density at radius 1 is 1.23 bits per heavy atom. The van der Waals surface area contributed by atoms with Crippen molar-refractivity contribution in [2.45, 2.75) is 52.5 Å². The Morgan fingerprint density at radius 3 is 2.52 bits per heavy atom. The van der Waals surface area contributed by atoms with Crippen LogP contribution in [0.25, 0.3) is 0 Å². The van der Waals surface area contributed by atoms with Gasteiger partial charge in [0.15, 0.2) is 5.96 Å². The third kappa shape index (κ3) is 7.85. The van der Waals surface area contributed by atoms with Gasteiger partial charge in [-0.05, 0) is 58.0 Å². The Morgan fingerprint density at radius 2 is 1.94 bits per heavy atom. The van der Waals surface area contributed by atoms with Crippen molar-refractivity contribution in [1.29, 1.82) is 0 Å². The lowest BCUT2D eigenvalue weighted by Crippen LogP contribution is -2.47. The molecule has 176 valence electrons. The van der Waals surface area contributed by atoms with Gasteiger partial charge in [-0.1, -0.05) is 6.92 Å². The minimum Gasteiger partial charge on any atom is -0.469 e. The maximum atomic E-state index is 11.8. The summed E-state index contributed by atoms with van der Waals surface area (Å²) in [6.07, 6.45) is 5.09. The number of ether oxygens (including phenoxy) is 1. The lowest BCUT2D eigenvalue weighted by atomic mass is 9.96. The van der Waals surface area contributed by atoms with Crippen LogP contribution in [0.1, 0.15) is 50.2 Å². The Kier molecular flexibility index (Phi) is 11.5. The second-order valence-corrected chi connectivity index (χ2v) is 9.23. The van der Waals surface area contributed by atoms with Crippen molar-refractivity contribution in [3.05, 3.63) is 16.1 Å². The third-order valence-electron chi connectivity index (χ3n) is 6.16. The van der Waals surface area contributed by atoms with Crippen molar-refractivity contribution in [2.75, 3.05) is 46.4 Å². The molecule has 1 aromatic rings. The van der Waals surface area contributed by atoms with Crippen LogP contribution in [0, 0.1) is 11.8 Å². The molecule has 0 bridgehead atoms. The number of methoxy groups -OCH3 is 1. The lowest BCUT2D eigenvalue weighted by Gasteiger charge is -2.34. The average molecular weight is 564 g/mol. The summed E-state index contributed by atoms with van der Waals surface area (Å²) in [5, 5.41) is 6.89. The van der Waals surface area contributed by atoms with Crippen molar-refractivity contribution in [3.8, 4) is 0 Å². The summed E-state index contributed by atoms with van der Waals surface area (Å²) in [5.74, 6) is 1.60. The molecule has 0 unspecified atom stereocenters. The van der Waals surface area contributed by atoms with E-state index in [1.54, 1.807) is 11.3 Å². The van der Waals surface area contributed by atoms with E-state index in [1.165, 1.54) is 30.7 Å². The zero-order valence-corrected chi connectivity index (χ0v) is 22.3. The molecule has 0 spiro atoms. The van der Waals surface area contributed by atoms with Crippen LogP contribution in [0.15, 0.2) is 10.4 Å². The topological polar surface area (TPSA) is 70.1 Å². The largest absolute Gasteiger partial charge is 0.469 e. The van der Waals surface area contributed by atoms with Gasteiger partial charge in [-0.15, -0.1) is 35.3 Å². The molecule has 0 amide bonds. The lowest BCUT2D eigenvalue weighted by molar-refractivity contribution is -0.146. The van der Waals surface area contributed by atoms with Gasteiger partial charge in [-0.25, -0.2) is 4.98 Å². The van der Waals surface area contributed by atoms with Crippen LogP contribution in [0.3, 0.4) is 0 Å². The second-order valence-electron chi connectivity index (χ2n) is 8.28. The molecular weight excluding hydrogens is 525 g/mol. The van der Waals surface area contributed by atoms with Crippen LogP contribution in [-0.4, -0.2) is 73.1 Å². The highest BCUT2D eigenvalue weighted by molar-refractivity contribution is 14.0. The van der Waals surface area contributed by atoms with Gasteiger partial charge in [0.2, 0.25) is 0 Å². The number of nitrogens with zero attached hydrogens (tertiary/aromatic N) is 4. The van der Waals surface area contributed by atoms with Gasteiger partial charge >= 0.3 is 5.97 Å². The van der Waals surface area contributed by atoms with E-state index in [-0.39, 0.29) is 35.9 Å². The van der Waals surface area contributed by atoms with E-state index in [4.69, 9.17) is 14.7 Å². The van der Waals surface area contributed by atoms with Crippen LogP contribution in [0.4, 0.5) is 0 Å². The first kappa shape index (κ1) is 26.3. The maximum Gasteiger partial charge on any atom is 0.308 e. The summed E-state index contributed by atoms with van der Waals surface area (Å²) in [6.45, 7) is 11.0. The van der Waals surface area contributed by atoms with E-state index in [0.717, 1.165) is 71.0 Å². The number of aryl methyl sites for hydroxylation is 1. The molecule has 0 saturated carbocycles. The summed E-state index contributed by atoms with van der Waals surface area (Å²) < 4.78 is 4.90. The fourth-order valence-corrected chi connectivity index (χ4v) is 5.01. The number of rotatable bonds is 7. The molecule has 3 heterocycles. The summed E-state index contributed by atoms with van der Waals surface area (Å²) in [6, 6.07) is 0. The van der Waals surface area contributed by atoms with Crippen LogP contribution >= 0.6 is 35.3 Å². The van der Waals surface area contributed by atoms with Gasteiger partial charge in [-0.2, -0.15) is 0 Å². The monoisotopic (exact) mass is 563 g/mol. The van der Waals surface area contributed by atoms with Crippen molar-refractivity contribution < 1.29 is 9.53 Å². The number of carbonyl (C=O) groups is 1. The SMILES string of the molecule is CCNC(=NCC1CCN(Cc2csc(CC)n2)CC1)N1CCC(C(=O)OC)CC1.I. The summed E-state index contributed by atoms with van der Waals surface area (Å²) in [5.41, 5.74) is 1.22. The molecule has 2 saturated heterocycles. The van der Waals surface area contributed by atoms with Gasteiger partial charge in [-0.3, -0.25) is 14.7 Å². The molecule has 9 heteroatoms. The molecule has 7 nitrogen and oxygen atoms in total. The number of carbonyl (C=O) groups excluding carboxylic acids is 1. The number of esters is 1. The Balaban J connectivity index is 0.00000341. The van der Waals surface area contributed by atoms with E-state index in [9.17, 15) is 4.79 Å². The third-order valence-corrected chi connectivity index (χ3v) is 7.20. The number of hydrogen-bond acceptors (Lipinski definition) is 6. The zero-order chi connectivity index (χ0) is 21.3. The van der Waals surface area contributed by atoms with Gasteiger partial charge in [0.25, 0.3) is 0 Å². The minimum atomic E-state index is -0.0769. The zero-order valence-electron chi connectivity index (χ0n) is 19.1. The molecule has 0 radical (unpaired) electrons. The second kappa shape index (κ2) is 13.6. The quantitative estimate of drug-likeness (QED) is 0.238. The number of halogens is 1. The van der Waals surface area contributed by atoms with Crippen molar-refractivity contribution >= 4 is 47.2 Å². The average Bonchev–Trinajstić information content (AvgIpc) is 3.25.